The molecule has 2 heterocycles. The number of ether oxygens (including phenoxy) is 2. The Kier molecular flexibility index (Phi) is 5.32. The molecule has 26 heavy (non-hydrogen) atoms. The van der Waals surface area contributed by atoms with Crippen molar-refractivity contribution in [2.45, 2.75) is 5.16 Å². The molecule has 0 N–H and O–H groups in total. The van der Waals surface area contributed by atoms with Crippen molar-refractivity contribution in [2.75, 3.05) is 20.5 Å². The van der Waals surface area contributed by atoms with Gasteiger partial charge in [0, 0.05) is 30.3 Å². The number of thioether (sulfide) groups is 1. The van der Waals surface area contributed by atoms with E-state index in [-0.39, 0.29) is 15.6 Å². The van der Waals surface area contributed by atoms with Gasteiger partial charge in [-0.15, -0.1) is 0 Å². The smallest absolute Gasteiger partial charge is 0.259 e. The predicted molar refractivity (Wildman–Crippen MR) is 105 cm³/mol. The lowest BCUT2D eigenvalue weighted by atomic mass is 10.0. The molecule has 0 radical (unpaired) electrons. The van der Waals surface area contributed by atoms with Gasteiger partial charge in [0.05, 0.1) is 29.8 Å². The van der Waals surface area contributed by atoms with Crippen LogP contribution < -0.4 is 15.0 Å². The zero-order valence-corrected chi connectivity index (χ0v) is 16.8. The zero-order chi connectivity index (χ0) is 19.0. The average Bonchev–Trinajstić information content (AvgIpc) is 2.65. The van der Waals surface area contributed by atoms with Crippen LogP contribution in [-0.4, -0.2) is 35.0 Å². The highest BCUT2D eigenvalue weighted by atomic mass is 35.5. The molecule has 3 aromatic rings. The van der Waals surface area contributed by atoms with Crippen LogP contribution in [0.25, 0.3) is 22.2 Å². The molecule has 6 nitrogen and oxygen atoms in total. The van der Waals surface area contributed by atoms with Gasteiger partial charge in [0.15, 0.2) is 5.16 Å². The highest BCUT2D eigenvalue weighted by Crippen LogP contribution is 2.45. The van der Waals surface area contributed by atoms with Crippen LogP contribution in [0, 0.1) is 0 Å². The Bertz CT molecular complexity index is 1040. The highest BCUT2D eigenvalue weighted by Gasteiger charge is 2.22. The monoisotopic (exact) mass is 411 g/mol. The van der Waals surface area contributed by atoms with Gasteiger partial charge in [-0.1, -0.05) is 35.0 Å². The Labute approximate surface area is 164 Å². The fraction of sp³-hybridized carbons (Fsp3) is 0.235. The van der Waals surface area contributed by atoms with Gasteiger partial charge >= 0.3 is 0 Å². The van der Waals surface area contributed by atoms with E-state index in [1.165, 1.54) is 30.5 Å². The zero-order valence-electron chi connectivity index (χ0n) is 14.5. The molecule has 0 aliphatic rings. The predicted octanol–water partition coefficient (Wildman–Crippen LogP) is 4.04. The molecule has 0 aliphatic carbocycles. The number of fused-ring (bicyclic) bond motifs is 1. The van der Waals surface area contributed by atoms with E-state index in [9.17, 15) is 4.79 Å². The van der Waals surface area contributed by atoms with E-state index in [1.807, 2.05) is 6.26 Å². The lowest BCUT2D eigenvalue weighted by Crippen LogP contribution is -2.20. The molecule has 136 valence electrons. The molecule has 0 unspecified atom stereocenters. The van der Waals surface area contributed by atoms with Crippen molar-refractivity contribution < 1.29 is 9.47 Å². The van der Waals surface area contributed by atoms with Crippen LogP contribution >= 0.6 is 35.0 Å². The summed E-state index contributed by atoms with van der Waals surface area (Å²) < 4.78 is 12.0. The standard InChI is InChI=1S/C17H15Cl2N3O3S/c1-22-15-8(7-20-17(21-15)26-4)5-9(16(22)23)12-13(18)10(24-2)6-11(25-3)14(12)19/h5-7H,1-4H3. The Hall–Kier alpha value is -1.96. The van der Waals surface area contributed by atoms with E-state index in [2.05, 4.69) is 9.97 Å². The number of methoxy groups -OCH3 is 2. The van der Waals surface area contributed by atoms with Crippen molar-refractivity contribution in [3.63, 3.8) is 0 Å². The van der Waals surface area contributed by atoms with E-state index in [1.54, 1.807) is 25.4 Å². The summed E-state index contributed by atoms with van der Waals surface area (Å²) in [6.07, 6.45) is 3.53. The maximum atomic E-state index is 13.0. The number of nitrogens with zero attached hydrogens (tertiary/aromatic N) is 3. The quantitative estimate of drug-likeness (QED) is 0.476. The second-order valence-electron chi connectivity index (χ2n) is 5.34. The SMILES string of the molecule is COc1cc(OC)c(Cl)c(-c2cc3cnc(SC)nc3n(C)c2=O)c1Cl. The molecule has 0 atom stereocenters. The van der Waals surface area contributed by atoms with Crippen molar-refractivity contribution in [1.82, 2.24) is 14.5 Å². The lowest BCUT2D eigenvalue weighted by molar-refractivity contribution is 0.395. The number of halogens is 2. The fourth-order valence-corrected chi connectivity index (χ4v) is 3.67. The minimum absolute atomic E-state index is 0.233. The second-order valence-corrected chi connectivity index (χ2v) is 6.87. The largest absolute Gasteiger partial charge is 0.495 e. The molecule has 0 bridgehead atoms. The maximum Gasteiger partial charge on any atom is 0.259 e. The first kappa shape index (κ1) is 18.8. The molecule has 0 spiro atoms. The summed E-state index contributed by atoms with van der Waals surface area (Å²) in [4.78, 5) is 21.6. The molecule has 0 amide bonds. The molecule has 1 aromatic carbocycles. The third-order valence-corrected chi connectivity index (χ3v) is 5.26. The summed E-state index contributed by atoms with van der Waals surface area (Å²) in [5.74, 6) is 0.720. The van der Waals surface area contributed by atoms with E-state index >= 15 is 0 Å². The minimum atomic E-state index is -0.289. The Balaban J connectivity index is 2.40. The van der Waals surface area contributed by atoms with Crippen LogP contribution in [0.3, 0.4) is 0 Å². The first-order chi connectivity index (χ1) is 12.4. The van der Waals surface area contributed by atoms with E-state index in [0.29, 0.717) is 38.8 Å². The number of rotatable bonds is 4. The van der Waals surface area contributed by atoms with Crippen LogP contribution in [0.5, 0.6) is 11.5 Å². The fourth-order valence-electron chi connectivity index (χ4n) is 2.63. The number of hydrogen-bond donors (Lipinski definition) is 0. The highest BCUT2D eigenvalue weighted by molar-refractivity contribution is 7.98. The maximum absolute atomic E-state index is 13.0. The normalized spacial score (nSPS) is 11.0. The minimum Gasteiger partial charge on any atom is -0.495 e. The lowest BCUT2D eigenvalue weighted by Gasteiger charge is -2.15. The summed E-state index contributed by atoms with van der Waals surface area (Å²) >= 11 is 14.3. The van der Waals surface area contributed by atoms with Gasteiger partial charge in [0.1, 0.15) is 17.1 Å². The third-order valence-electron chi connectivity index (χ3n) is 3.95. The van der Waals surface area contributed by atoms with Gasteiger partial charge < -0.3 is 9.47 Å². The van der Waals surface area contributed by atoms with Gasteiger partial charge in [-0.3, -0.25) is 9.36 Å². The molecule has 0 saturated heterocycles. The molecule has 9 heteroatoms. The number of aryl methyl sites for hydroxylation is 1. The first-order valence-electron chi connectivity index (χ1n) is 7.44. The van der Waals surface area contributed by atoms with Crippen molar-refractivity contribution in [3.05, 3.63) is 38.7 Å². The van der Waals surface area contributed by atoms with Crippen molar-refractivity contribution in [2.24, 2.45) is 7.05 Å². The Morgan fingerprint density at radius 2 is 1.73 bits per heavy atom. The average molecular weight is 412 g/mol. The molecule has 2 aromatic heterocycles. The number of aromatic nitrogens is 3. The van der Waals surface area contributed by atoms with Crippen LogP contribution in [0.15, 0.2) is 28.3 Å². The van der Waals surface area contributed by atoms with Gasteiger partial charge in [-0.25, -0.2) is 9.97 Å². The number of pyridine rings is 1. The van der Waals surface area contributed by atoms with Crippen LogP contribution in [0.1, 0.15) is 0 Å². The number of benzene rings is 1. The van der Waals surface area contributed by atoms with Gasteiger partial charge in [0.2, 0.25) is 0 Å². The molecule has 0 fully saturated rings. The molecular weight excluding hydrogens is 397 g/mol. The third kappa shape index (κ3) is 3.00. The van der Waals surface area contributed by atoms with Gasteiger partial charge in [-0.05, 0) is 12.3 Å². The van der Waals surface area contributed by atoms with E-state index < -0.39 is 0 Å². The Morgan fingerprint density at radius 1 is 1.12 bits per heavy atom. The van der Waals surface area contributed by atoms with Crippen molar-refractivity contribution >= 4 is 46.0 Å². The Morgan fingerprint density at radius 3 is 2.27 bits per heavy atom. The van der Waals surface area contributed by atoms with Crippen molar-refractivity contribution in [1.29, 1.82) is 0 Å². The number of hydrogen-bond acceptors (Lipinski definition) is 6. The van der Waals surface area contributed by atoms with E-state index in [0.717, 1.165) is 0 Å². The van der Waals surface area contributed by atoms with Crippen LogP contribution in [0.2, 0.25) is 10.0 Å². The first-order valence-corrected chi connectivity index (χ1v) is 9.42. The van der Waals surface area contributed by atoms with Crippen LogP contribution in [0.4, 0.5) is 0 Å². The second kappa shape index (κ2) is 7.34. The molecule has 3 rings (SSSR count). The summed E-state index contributed by atoms with van der Waals surface area (Å²) in [6, 6.07) is 3.25. The summed E-state index contributed by atoms with van der Waals surface area (Å²) in [5.41, 5.74) is 0.899. The molecular formula is C17H15Cl2N3O3S. The van der Waals surface area contributed by atoms with E-state index in [4.69, 9.17) is 32.7 Å². The molecule has 0 saturated carbocycles. The molecule has 0 aliphatic heterocycles. The summed E-state index contributed by atoms with van der Waals surface area (Å²) in [5, 5.41) is 1.74. The topological polar surface area (TPSA) is 66.2 Å². The van der Waals surface area contributed by atoms with Gasteiger partial charge in [-0.2, -0.15) is 0 Å². The van der Waals surface area contributed by atoms with Crippen molar-refractivity contribution in [3.8, 4) is 22.6 Å². The summed E-state index contributed by atoms with van der Waals surface area (Å²) in [6.45, 7) is 0. The van der Waals surface area contributed by atoms with Crippen LogP contribution in [-0.2, 0) is 7.05 Å². The van der Waals surface area contributed by atoms with Gasteiger partial charge in [0.25, 0.3) is 5.56 Å². The summed E-state index contributed by atoms with van der Waals surface area (Å²) in [7, 11) is 4.60.